The maximum absolute atomic E-state index is 12.7. The van der Waals surface area contributed by atoms with Crippen molar-refractivity contribution in [3.8, 4) is 11.3 Å². The molecule has 0 saturated carbocycles. The summed E-state index contributed by atoms with van der Waals surface area (Å²) in [4.78, 5) is 27.4. The number of nitrogens with one attached hydrogen (secondary N) is 1. The number of benzene rings is 2. The number of non-ortho nitro benzene ring substituents is 1. The van der Waals surface area contributed by atoms with Crippen LogP contribution < -0.4 is 0 Å². The van der Waals surface area contributed by atoms with E-state index in [1.807, 2.05) is 31.2 Å². The smallest absolute Gasteiger partial charge is 0.283 e. The fourth-order valence-corrected chi connectivity index (χ4v) is 4.65. The molecule has 0 radical (unpaired) electrons. The van der Waals surface area contributed by atoms with Crippen LogP contribution in [0.4, 0.5) is 5.69 Å². The van der Waals surface area contributed by atoms with Crippen molar-refractivity contribution in [2.75, 3.05) is 0 Å². The van der Waals surface area contributed by atoms with E-state index in [4.69, 9.17) is 9.83 Å². The lowest BCUT2D eigenvalue weighted by Gasteiger charge is -2.19. The number of nitro benzene ring substituents is 1. The first-order valence-electron chi connectivity index (χ1n) is 10.2. The molecule has 1 N–H and O–H groups in total. The highest BCUT2D eigenvalue weighted by molar-refractivity contribution is 8.27. The topological polar surface area (TPSA) is 125 Å². The minimum Gasteiger partial charge on any atom is -0.457 e. The van der Waals surface area contributed by atoms with Crippen LogP contribution in [0, 0.1) is 29.4 Å². The molecular weight excluding hydrogens is 454 g/mol. The average Bonchev–Trinajstić information content (AvgIpc) is 3.44. The summed E-state index contributed by atoms with van der Waals surface area (Å²) >= 11 is 1.25. The Labute approximate surface area is 198 Å². The van der Waals surface area contributed by atoms with Gasteiger partial charge in [-0.25, -0.2) is 0 Å². The van der Waals surface area contributed by atoms with Gasteiger partial charge in [-0.05, 0) is 61.0 Å². The molecule has 0 aliphatic carbocycles. The molecular formula is C24H17N5O4S. The van der Waals surface area contributed by atoms with E-state index in [2.05, 4.69) is 10.1 Å². The zero-order valence-electron chi connectivity index (χ0n) is 18.1. The van der Waals surface area contributed by atoms with Crippen LogP contribution >= 0.6 is 11.8 Å². The van der Waals surface area contributed by atoms with E-state index in [0.29, 0.717) is 32.9 Å². The first-order valence-corrected chi connectivity index (χ1v) is 11.0. The number of hydrogen-bond donors (Lipinski definition) is 1. The van der Waals surface area contributed by atoms with Crippen molar-refractivity contribution in [2.45, 2.75) is 13.8 Å². The summed E-state index contributed by atoms with van der Waals surface area (Å²) in [6.07, 6.45) is 1.46. The van der Waals surface area contributed by atoms with Crippen LogP contribution in [0.3, 0.4) is 0 Å². The molecule has 0 saturated heterocycles. The van der Waals surface area contributed by atoms with Gasteiger partial charge < -0.3 is 4.42 Å². The zero-order valence-corrected chi connectivity index (χ0v) is 18.9. The third kappa shape index (κ3) is 3.73. The summed E-state index contributed by atoms with van der Waals surface area (Å²) < 4.78 is 5.86. The number of amidine groups is 2. The van der Waals surface area contributed by atoms with E-state index in [0.717, 1.165) is 11.1 Å². The summed E-state index contributed by atoms with van der Waals surface area (Å²) in [5, 5.41) is 26.4. The van der Waals surface area contributed by atoms with Gasteiger partial charge in [0.1, 0.15) is 16.6 Å². The summed E-state index contributed by atoms with van der Waals surface area (Å²) in [5.74, 6) is 0.217. The summed E-state index contributed by atoms with van der Waals surface area (Å²) in [6.45, 7) is 3.73. The second kappa shape index (κ2) is 8.23. The van der Waals surface area contributed by atoms with Gasteiger partial charge in [0.05, 0.1) is 10.5 Å². The number of nitro groups is 1. The summed E-state index contributed by atoms with van der Waals surface area (Å²) in [6, 6.07) is 15.6. The van der Waals surface area contributed by atoms with E-state index >= 15 is 0 Å². The van der Waals surface area contributed by atoms with E-state index in [9.17, 15) is 14.9 Å². The zero-order chi connectivity index (χ0) is 24.0. The highest BCUT2D eigenvalue weighted by Crippen LogP contribution is 2.33. The van der Waals surface area contributed by atoms with Gasteiger partial charge in [0.15, 0.2) is 5.84 Å². The highest BCUT2D eigenvalue weighted by atomic mass is 32.2. The molecule has 34 heavy (non-hydrogen) atoms. The van der Waals surface area contributed by atoms with E-state index in [1.165, 1.54) is 35.0 Å². The third-order valence-corrected chi connectivity index (χ3v) is 6.37. The number of rotatable bonds is 4. The molecule has 2 aromatic carbocycles. The molecule has 0 spiro atoms. The molecule has 2 aliphatic heterocycles. The van der Waals surface area contributed by atoms with Gasteiger partial charge in [0.25, 0.3) is 11.6 Å². The molecule has 0 fully saturated rings. The van der Waals surface area contributed by atoms with Crippen molar-refractivity contribution in [1.82, 2.24) is 5.01 Å². The van der Waals surface area contributed by atoms with Crippen molar-refractivity contribution in [2.24, 2.45) is 10.1 Å². The van der Waals surface area contributed by atoms with Gasteiger partial charge in [-0.3, -0.25) is 20.3 Å². The number of amides is 1. The number of nitrogens with zero attached hydrogens (tertiary/aromatic N) is 4. The molecule has 3 aromatic rings. The molecule has 168 valence electrons. The summed E-state index contributed by atoms with van der Waals surface area (Å²) in [7, 11) is 0. The number of fused-ring (bicyclic) bond motifs is 1. The van der Waals surface area contributed by atoms with Crippen LogP contribution in [-0.2, 0) is 4.79 Å². The molecule has 10 heteroatoms. The Bertz CT molecular complexity index is 1480. The lowest BCUT2D eigenvalue weighted by Crippen LogP contribution is -2.35. The third-order valence-electron chi connectivity index (χ3n) is 5.43. The minimum atomic E-state index is -0.547. The fraction of sp³-hybridized carbons (Fsp3) is 0.0833. The number of carbonyl (C=O) groups excluding carboxylic acids is 1. The van der Waals surface area contributed by atoms with E-state index in [1.54, 1.807) is 25.1 Å². The Balaban J connectivity index is 1.44. The lowest BCUT2D eigenvalue weighted by molar-refractivity contribution is -0.384. The standard InChI is InChI=1S/C24H17N5O4S/c1-13-5-3-4-6-18(13)23-27-28-21(25)19(22(30)26-24(28)34-23)12-16-8-10-20(33-16)17-9-7-15(29(31)32)11-14(17)2/h3-12,25H,1-2H3/b19-12-,25-21?. The molecule has 9 nitrogen and oxygen atoms in total. The Hall–Kier alpha value is -4.31. The van der Waals surface area contributed by atoms with Gasteiger partial charge in [-0.1, -0.05) is 24.3 Å². The minimum absolute atomic E-state index is 0.000771. The van der Waals surface area contributed by atoms with Crippen LogP contribution in [0.15, 0.2) is 74.7 Å². The van der Waals surface area contributed by atoms with Crippen LogP contribution in [0.5, 0.6) is 0 Å². The Morgan fingerprint density at radius 3 is 2.62 bits per heavy atom. The fourth-order valence-electron chi connectivity index (χ4n) is 3.67. The van der Waals surface area contributed by atoms with Crippen molar-refractivity contribution in [3.05, 3.63) is 92.7 Å². The van der Waals surface area contributed by atoms with Gasteiger partial charge in [0, 0.05) is 23.3 Å². The number of furan rings is 1. The van der Waals surface area contributed by atoms with Gasteiger partial charge in [0.2, 0.25) is 5.17 Å². The first-order chi connectivity index (χ1) is 16.3. The Kier molecular flexibility index (Phi) is 5.21. The second-order valence-electron chi connectivity index (χ2n) is 7.70. The van der Waals surface area contributed by atoms with Crippen LogP contribution in [0.25, 0.3) is 17.4 Å². The number of aryl methyl sites for hydroxylation is 2. The maximum Gasteiger partial charge on any atom is 0.283 e. The van der Waals surface area contributed by atoms with Crippen LogP contribution in [0.2, 0.25) is 0 Å². The normalized spacial score (nSPS) is 16.5. The van der Waals surface area contributed by atoms with Gasteiger partial charge in [-0.15, -0.1) is 0 Å². The molecule has 5 rings (SSSR count). The maximum atomic E-state index is 12.7. The molecule has 1 aromatic heterocycles. The number of hydrazone groups is 1. The number of thioether (sulfide) groups is 1. The molecule has 1 amide bonds. The lowest BCUT2D eigenvalue weighted by atomic mass is 10.1. The Morgan fingerprint density at radius 1 is 1.09 bits per heavy atom. The van der Waals surface area contributed by atoms with Crippen LogP contribution in [-0.4, -0.2) is 31.9 Å². The predicted octanol–water partition coefficient (Wildman–Crippen LogP) is 5.14. The van der Waals surface area contributed by atoms with E-state index in [-0.39, 0.29) is 17.1 Å². The quantitative estimate of drug-likeness (QED) is 0.319. The molecule has 3 heterocycles. The largest absolute Gasteiger partial charge is 0.457 e. The monoisotopic (exact) mass is 471 g/mol. The first kappa shape index (κ1) is 21.5. The van der Waals surface area contributed by atoms with Crippen molar-refractivity contribution in [3.63, 3.8) is 0 Å². The number of hydrogen-bond acceptors (Lipinski definition) is 7. The highest BCUT2D eigenvalue weighted by Gasteiger charge is 2.36. The molecule has 0 unspecified atom stereocenters. The average molecular weight is 471 g/mol. The van der Waals surface area contributed by atoms with Gasteiger partial charge in [-0.2, -0.15) is 15.1 Å². The van der Waals surface area contributed by atoms with Crippen molar-refractivity contribution < 1.29 is 14.1 Å². The molecule has 0 bridgehead atoms. The SMILES string of the molecule is Cc1ccccc1C1=NN2C(=N)/C(=C/c3ccc(-c4ccc([N+](=O)[O-])cc4C)o3)C(=O)N=C2S1. The molecule has 2 aliphatic rings. The number of carbonyl (C=O) groups is 1. The second-order valence-corrected chi connectivity index (χ2v) is 8.65. The number of aliphatic imine (C=N–C) groups is 1. The summed E-state index contributed by atoms with van der Waals surface area (Å²) in [5.41, 5.74) is 3.39. The Morgan fingerprint density at radius 2 is 1.88 bits per heavy atom. The van der Waals surface area contributed by atoms with Crippen molar-refractivity contribution in [1.29, 1.82) is 5.41 Å². The van der Waals surface area contributed by atoms with Gasteiger partial charge >= 0.3 is 0 Å². The van der Waals surface area contributed by atoms with Crippen LogP contribution in [0.1, 0.15) is 22.5 Å². The van der Waals surface area contributed by atoms with Crippen molar-refractivity contribution >= 4 is 45.5 Å². The predicted molar refractivity (Wildman–Crippen MR) is 131 cm³/mol. The van der Waals surface area contributed by atoms with E-state index < -0.39 is 10.8 Å². The molecule has 0 atom stereocenters.